The maximum atomic E-state index is 5.59. The van der Waals surface area contributed by atoms with E-state index in [-0.39, 0.29) is 10.5 Å². The molecule has 0 fully saturated rings. The Morgan fingerprint density at radius 3 is 1.93 bits per heavy atom. The summed E-state index contributed by atoms with van der Waals surface area (Å²) >= 11 is 1.82. The van der Waals surface area contributed by atoms with Crippen LogP contribution in [0.5, 0.6) is 5.75 Å². The molecule has 136 valence electrons. The number of thiophene rings is 1. The molecule has 4 aromatic carbocycles. The van der Waals surface area contributed by atoms with Crippen LogP contribution in [0.1, 0.15) is 0 Å². The molecule has 5 rings (SSSR count). The van der Waals surface area contributed by atoms with E-state index in [4.69, 9.17) is 4.74 Å². The molecule has 0 aliphatic heterocycles. The minimum atomic E-state index is -0.138. The van der Waals surface area contributed by atoms with Gasteiger partial charge in [-0.1, -0.05) is 54.2 Å². The van der Waals surface area contributed by atoms with Crippen molar-refractivity contribution in [1.29, 1.82) is 0 Å². The zero-order valence-corrected chi connectivity index (χ0v) is 17.1. The van der Waals surface area contributed by atoms with Crippen LogP contribution >= 0.6 is 22.2 Å². The summed E-state index contributed by atoms with van der Waals surface area (Å²) in [5, 5.41) is 2.69. The fourth-order valence-corrected chi connectivity index (χ4v) is 7.22. The molecular weight excluding hydrogens is 380 g/mol. The first-order chi connectivity index (χ1) is 13.8. The van der Waals surface area contributed by atoms with Gasteiger partial charge in [-0.25, -0.2) is 0 Å². The van der Waals surface area contributed by atoms with Crippen molar-refractivity contribution >= 4 is 42.4 Å². The van der Waals surface area contributed by atoms with Crippen molar-refractivity contribution in [3.63, 3.8) is 0 Å². The number of rotatable bonds is 4. The van der Waals surface area contributed by atoms with Crippen molar-refractivity contribution in [2.75, 3.05) is 7.11 Å². The van der Waals surface area contributed by atoms with E-state index in [1.54, 1.807) is 7.11 Å². The molecule has 1 nitrogen and oxygen atoms in total. The van der Waals surface area contributed by atoms with Crippen molar-refractivity contribution in [2.45, 2.75) is 9.79 Å². The quantitative estimate of drug-likeness (QED) is 0.284. The highest BCUT2D eigenvalue weighted by molar-refractivity contribution is 7.99. The first-order valence-corrected chi connectivity index (χ1v) is 11.2. The van der Waals surface area contributed by atoms with Gasteiger partial charge in [0.15, 0.2) is 14.3 Å². The summed E-state index contributed by atoms with van der Waals surface area (Å²) in [6.07, 6.45) is 0. The number of ether oxygens (including phenoxy) is 1. The Morgan fingerprint density at radius 1 is 0.679 bits per heavy atom. The van der Waals surface area contributed by atoms with E-state index in [1.165, 1.54) is 34.9 Å². The molecule has 0 aliphatic rings. The van der Waals surface area contributed by atoms with Crippen molar-refractivity contribution in [2.24, 2.45) is 0 Å². The molecule has 0 unspecified atom stereocenters. The second-order valence-corrected chi connectivity index (χ2v) is 9.57. The summed E-state index contributed by atoms with van der Waals surface area (Å²) in [5.41, 5.74) is 0. The van der Waals surface area contributed by atoms with E-state index in [1.807, 2.05) is 11.8 Å². The molecular formula is C25H19OS2+. The van der Waals surface area contributed by atoms with E-state index >= 15 is 0 Å². The smallest absolute Gasteiger partial charge is 0.197 e. The number of hydrogen-bond donors (Lipinski definition) is 0. The lowest BCUT2D eigenvalue weighted by atomic mass is 10.2. The van der Waals surface area contributed by atoms with Gasteiger partial charge in [0, 0.05) is 32.2 Å². The van der Waals surface area contributed by atoms with Crippen LogP contribution in [0.2, 0.25) is 0 Å². The maximum absolute atomic E-state index is 5.59. The molecule has 1 heterocycles. The van der Waals surface area contributed by atoms with Gasteiger partial charge in [-0.15, -0.1) is 0 Å². The minimum Gasteiger partial charge on any atom is -0.497 e. The summed E-state index contributed by atoms with van der Waals surface area (Å²) in [4.78, 5) is 3.85. The Bertz CT molecular complexity index is 1220. The Balaban J connectivity index is 1.81. The highest BCUT2D eigenvalue weighted by atomic mass is 32.2. The van der Waals surface area contributed by atoms with Crippen molar-refractivity contribution in [1.82, 2.24) is 0 Å². The Labute approximate surface area is 171 Å². The molecule has 28 heavy (non-hydrogen) atoms. The van der Waals surface area contributed by atoms with Crippen LogP contribution in [0, 0.1) is 0 Å². The lowest BCUT2D eigenvalue weighted by Crippen LogP contribution is -1.85. The molecule has 0 aliphatic carbocycles. The van der Waals surface area contributed by atoms with Crippen LogP contribution in [0.25, 0.3) is 25.1 Å². The molecule has 0 saturated heterocycles. The molecule has 1 aromatic heterocycles. The Kier molecular flexibility index (Phi) is 4.55. The zero-order valence-electron chi connectivity index (χ0n) is 15.5. The van der Waals surface area contributed by atoms with Gasteiger partial charge >= 0.3 is 0 Å². The van der Waals surface area contributed by atoms with Gasteiger partial charge in [-0.3, -0.25) is 0 Å². The molecule has 5 aromatic rings. The summed E-state index contributed by atoms with van der Waals surface area (Å²) in [7, 11) is 1.60. The average molecular weight is 400 g/mol. The van der Waals surface area contributed by atoms with Gasteiger partial charge in [0.1, 0.15) is 5.75 Å². The number of hydrogen-bond acceptors (Lipinski definition) is 2. The largest absolute Gasteiger partial charge is 0.497 e. The number of fused-ring (bicyclic) bond motifs is 3. The molecule has 0 amide bonds. The predicted molar refractivity (Wildman–Crippen MR) is 122 cm³/mol. The van der Waals surface area contributed by atoms with Crippen LogP contribution in [0.4, 0.5) is 0 Å². The van der Waals surface area contributed by atoms with Crippen LogP contribution in [-0.2, 0) is 0 Å². The van der Waals surface area contributed by atoms with Gasteiger partial charge in [0.2, 0.25) is 0 Å². The molecule has 0 saturated carbocycles. The summed E-state index contributed by atoms with van der Waals surface area (Å²) in [6, 6.07) is 34.6. The lowest BCUT2D eigenvalue weighted by molar-refractivity contribution is 0.415. The molecule has 0 radical (unpaired) electrons. The fourth-order valence-electron chi connectivity index (χ4n) is 3.56. The maximum Gasteiger partial charge on any atom is 0.197 e. The van der Waals surface area contributed by atoms with Crippen molar-refractivity contribution in [3.8, 4) is 10.6 Å². The topological polar surface area (TPSA) is 9.23 Å². The third kappa shape index (κ3) is 2.97. The van der Waals surface area contributed by atoms with Gasteiger partial charge in [0.25, 0.3) is 0 Å². The first-order valence-electron chi connectivity index (χ1n) is 9.19. The molecule has 3 heteroatoms. The molecule has 0 bridgehead atoms. The molecule has 0 atom stereocenters. The second kappa shape index (κ2) is 7.34. The normalized spacial score (nSPS) is 11.2. The zero-order chi connectivity index (χ0) is 18.9. The van der Waals surface area contributed by atoms with Crippen molar-refractivity contribution < 1.29 is 4.74 Å². The van der Waals surface area contributed by atoms with Crippen LogP contribution < -0.4 is 4.74 Å². The van der Waals surface area contributed by atoms with E-state index in [0.717, 1.165) is 5.75 Å². The SMILES string of the molecule is COc1ccc(Sc2ccccc2)c(-[s+]2c3ccccc3c3ccccc32)c1. The van der Waals surface area contributed by atoms with Gasteiger partial charge in [0.05, 0.1) is 12.0 Å². The lowest BCUT2D eigenvalue weighted by Gasteiger charge is -2.07. The number of benzene rings is 4. The van der Waals surface area contributed by atoms with Crippen molar-refractivity contribution in [3.05, 3.63) is 97.1 Å². The molecule has 0 N–H and O–H groups in total. The van der Waals surface area contributed by atoms with Gasteiger partial charge < -0.3 is 4.74 Å². The Hall–Kier alpha value is -2.75. The average Bonchev–Trinajstić information content (AvgIpc) is 3.09. The third-order valence-corrected chi connectivity index (χ3v) is 8.43. The van der Waals surface area contributed by atoms with Crippen LogP contribution in [0.15, 0.2) is 107 Å². The second-order valence-electron chi connectivity index (χ2n) is 6.53. The highest BCUT2D eigenvalue weighted by Gasteiger charge is 2.26. The predicted octanol–water partition coefficient (Wildman–Crippen LogP) is 7.89. The summed E-state index contributed by atoms with van der Waals surface area (Å²) < 4.78 is 8.38. The van der Waals surface area contributed by atoms with E-state index in [0.29, 0.717) is 0 Å². The number of methoxy groups -OCH3 is 1. The highest BCUT2D eigenvalue weighted by Crippen LogP contribution is 2.52. The first kappa shape index (κ1) is 17.4. The Morgan fingerprint density at radius 2 is 1.29 bits per heavy atom. The standard InChI is InChI=1S/C25H19OS2/c1-26-18-15-16-22(27-19-9-3-2-4-10-19)25(17-18)28-23-13-7-5-11-20(23)21-12-6-8-14-24(21)28/h2-17H,1H3/q+1. The van der Waals surface area contributed by atoms with Crippen LogP contribution in [0.3, 0.4) is 0 Å². The monoisotopic (exact) mass is 399 g/mol. The minimum absolute atomic E-state index is 0.138. The van der Waals surface area contributed by atoms with Gasteiger partial charge in [-0.05, 0) is 48.5 Å². The molecule has 0 spiro atoms. The fraction of sp³-hybridized carbons (Fsp3) is 0.0400. The third-order valence-electron chi connectivity index (χ3n) is 4.85. The van der Waals surface area contributed by atoms with E-state index < -0.39 is 0 Å². The van der Waals surface area contributed by atoms with E-state index in [2.05, 4.69) is 97.1 Å². The summed E-state index contributed by atoms with van der Waals surface area (Å²) in [5.74, 6) is 0.904. The summed E-state index contributed by atoms with van der Waals surface area (Å²) in [6.45, 7) is 0. The van der Waals surface area contributed by atoms with Gasteiger partial charge in [-0.2, -0.15) is 0 Å². The van der Waals surface area contributed by atoms with E-state index in [9.17, 15) is 0 Å². The van der Waals surface area contributed by atoms with Crippen LogP contribution in [-0.4, -0.2) is 7.11 Å².